The molecule has 0 fully saturated rings. The SMILES string of the molecule is Cc1ccc(-n2cccc2/C=N\Nc2ccc(C(F)(F)F)cc2[N+](=O)[O-])cc1Cl. The van der Waals surface area contributed by atoms with Crippen molar-refractivity contribution in [2.45, 2.75) is 13.1 Å². The average Bonchev–Trinajstić information content (AvgIpc) is 3.11. The monoisotopic (exact) mass is 422 g/mol. The molecule has 1 heterocycles. The zero-order chi connectivity index (χ0) is 21.2. The number of hydrazone groups is 1. The van der Waals surface area contributed by atoms with Gasteiger partial charge in [-0.1, -0.05) is 17.7 Å². The molecule has 0 saturated heterocycles. The number of aromatic nitrogens is 1. The maximum absolute atomic E-state index is 12.8. The van der Waals surface area contributed by atoms with Crippen molar-refractivity contribution >= 4 is 29.2 Å². The number of rotatable bonds is 5. The molecule has 0 aliphatic heterocycles. The third-order valence-electron chi connectivity index (χ3n) is 4.12. The normalized spacial score (nSPS) is 11.8. The van der Waals surface area contributed by atoms with Crippen molar-refractivity contribution in [3.05, 3.63) is 86.7 Å². The second-order valence-electron chi connectivity index (χ2n) is 6.09. The van der Waals surface area contributed by atoms with E-state index in [-0.39, 0.29) is 5.69 Å². The molecule has 0 aliphatic rings. The summed E-state index contributed by atoms with van der Waals surface area (Å²) in [5.74, 6) is 0. The third kappa shape index (κ3) is 4.57. The summed E-state index contributed by atoms with van der Waals surface area (Å²) >= 11 is 6.16. The van der Waals surface area contributed by atoms with E-state index >= 15 is 0 Å². The molecule has 29 heavy (non-hydrogen) atoms. The number of anilines is 1. The number of nitro benzene ring substituents is 1. The van der Waals surface area contributed by atoms with E-state index in [1.807, 2.05) is 19.1 Å². The number of benzene rings is 2. The van der Waals surface area contributed by atoms with Gasteiger partial charge in [-0.3, -0.25) is 15.5 Å². The van der Waals surface area contributed by atoms with E-state index in [2.05, 4.69) is 10.5 Å². The van der Waals surface area contributed by atoms with E-state index in [1.54, 1.807) is 29.0 Å². The maximum atomic E-state index is 12.8. The lowest BCUT2D eigenvalue weighted by Gasteiger charge is -2.09. The Hall–Kier alpha value is -3.33. The third-order valence-corrected chi connectivity index (χ3v) is 4.52. The van der Waals surface area contributed by atoms with Crippen molar-refractivity contribution in [2.24, 2.45) is 5.10 Å². The molecule has 2 aromatic carbocycles. The average molecular weight is 423 g/mol. The Balaban J connectivity index is 1.85. The molecule has 0 spiro atoms. The Kier molecular flexibility index (Phi) is 5.60. The number of halogens is 4. The van der Waals surface area contributed by atoms with Gasteiger partial charge in [-0.2, -0.15) is 18.3 Å². The van der Waals surface area contributed by atoms with Crippen molar-refractivity contribution in [2.75, 3.05) is 5.43 Å². The molecule has 1 N–H and O–H groups in total. The minimum atomic E-state index is -4.68. The van der Waals surface area contributed by atoms with Crippen LogP contribution in [-0.2, 0) is 6.18 Å². The summed E-state index contributed by atoms with van der Waals surface area (Å²) in [6.45, 7) is 1.88. The Morgan fingerprint density at radius 2 is 1.97 bits per heavy atom. The number of nitrogens with zero attached hydrogens (tertiary/aromatic N) is 3. The van der Waals surface area contributed by atoms with Crippen LogP contribution >= 0.6 is 11.6 Å². The Morgan fingerprint density at radius 3 is 2.62 bits per heavy atom. The standard InChI is InChI=1S/C19H14ClF3N4O2/c1-12-4-6-14(10-16(12)20)26-8-2-3-15(26)11-24-25-17-7-5-13(19(21,22)23)9-18(17)27(28)29/h2-11,25H,1H3/b24-11-. The molecule has 3 aromatic rings. The molecule has 0 bridgehead atoms. The van der Waals surface area contributed by atoms with Crippen molar-refractivity contribution < 1.29 is 18.1 Å². The number of hydrogen-bond acceptors (Lipinski definition) is 4. The van der Waals surface area contributed by atoms with Gasteiger partial charge in [0.2, 0.25) is 0 Å². The largest absolute Gasteiger partial charge is 0.416 e. The fraction of sp³-hybridized carbons (Fsp3) is 0.105. The molecule has 0 amide bonds. The molecule has 0 saturated carbocycles. The highest BCUT2D eigenvalue weighted by Crippen LogP contribution is 2.35. The predicted molar refractivity (Wildman–Crippen MR) is 105 cm³/mol. The number of aryl methyl sites for hydroxylation is 1. The van der Waals surface area contributed by atoms with E-state index in [0.29, 0.717) is 16.8 Å². The quantitative estimate of drug-likeness (QED) is 0.320. The first-order valence-electron chi connectivity index (χ1n) is 8.25. The molecule has 0 aliphatic carbocycles. The molecule has 0 atom stereocenters. The molecule has 0 unspecified atom stereocenters. The second-order valence-corrected chi connectivity index (χ2v) is 6.50. The maximum Gasteiger partial charge on any atom is 0.416 e. The van der Waals surface area contributed by atoms with Crippen LogP contribution in [0.4, 0.5) is 24.5 Å². The Labute approximate surface area is 168 Å². The van der Waals surface area contributed by atoms with Crippen LogP contribution in [0.3, 0.4) is 0 Å². The summed E-state index contributed by atoms with van der Waals surface area (Å²) in [5, 5.41) is 15.6. The van der Waals surface area contributed by atoms with Crippen molar-refractivity contribution in [3.63, 3.8) is 0 Å². The van der Waals surface area contributed by atoms with Crippen LogP contribution in [0.2, 0.25) is 5.02 Å². The van der Waals surface area contributed by atoms with E-state index in [1.165, 1.54) is 6.21 Å². The first-order chi connectivity index (χ1) is 13.7. The number of hydrogen-bond donors (Lipinski definition) is 1. The molecule has 1 aromatic heterocycles. The number of nitrogens with one attached hydrogen (secondary N) is 1. The lowest BCUT2D eigenvalue weighted by atomic mass is 10.1. The van der Waals surface area contributed by atoms with Crippen LogP contribution in [0.5, 0.6) is 0 Å². The van der Waals surface area contributed by atoms with E-state index in [9.17, 15) is 23.3 Å². The number of alkyl halides is 3. The summed E-state index contributed by atoms with van der Waals surface area (Å²) in [6, 6.07) is 11.2. The molecular formula is C19H14ClF3N4O2. The van der Waals surface area contributed by atoms with Crippen LogP contribution < -0.4 is 5.43 Å². The van der Waals surface area contributed by atoms with Gasteiger partial charge in [-0.05, 0) is 48.9 Å². The summed E-state index contributed by atoms with van der Waals surface area (Å²) in [7, 11) is 0. The van der Waals surface area contributed by atoms with Gasteiger partial charge in [-0.15, -0.1) is 0 Å². The van der Waals surface area contributed by atoms with Gasteiger partial charge in [0.1, 0.15) is 5.69 Å². The van der Waals surface area contributed by atoms with E-state index in [4.69, 9.17) is 11.6 Å². The Bertz CT molecular complexity index is 1090. The fourth-order valence-corrected chi connectivity index (χ4v) is 2.76. The van der Waals surface area contributed by atoms with Gasteiger partial charge in [0.15, 0.2) is 0 Å². The van der Waals surface area contributed by atoms with Crippen LogP contribution in [0.25, 0.3) is 5.69 Å². The van der Waals surface area contributed by atoms with Gasteiger partial charge in [0.05, 0.1) is 22.4 Å². The van der Waals surface area contributed by atoms with Crippen molar-refractivity contribution in [3.8, 4) is 5.69 Å². The second kappa shape index (κ2) is 7.96. The lowest BCUT2D eigenvalue weighted by molar-refractivity contribution is -0.384. The topological polar surface area (TPSA) is 72.5 Å². The molecular weight excluding hydrogens is 409 g/mol. The van der Waals surface area contributed by atoms with Gasteiger partial charge < -0.3 is 4.57 Å². The van der Waals surface area contributed by atoms with Gasteiger partial charge in [-0.25, -0.2) is 0 Å². The summed E-state index contributed by atoms with van der Waals surface area (Å²) in [6.07, 6.45) is -1.50. The molecule has 6 nitrogen and oxygen atoms in total. The van der Waals surface area contributed by atoms with E-state index in [0.717, 1.165) is 23.4 Å². The van der Waals surface area contributed by atoms with Crippen LogP contribution in [0.1, 0.15) is 16.8 Å². The van der Waals surface area contributed by atoms with Gasteiger partial charge >= 0.3 is 6.18 Å². The summed E-state index contributed by atoms with van der Waals surface area (Å²) < 4.78 is 40.1. The highest BCUT2D eigenvalue weighted by molar-refractivity contribution is 6.31. The molecule has 150 valence electrons. The van der Waals surface area contributed by atoms with E-state index < -0.39 is 22.4 Å². The fourth-order valence-electron chi connectivity index (χ4n) is 2.59. The molecule has 3 rings (SSSR count). The van der Waals surface area contributed by atoms with Crippen molar-refractivity contribution in [1.82, 2.24) is 4.57 Å². The first kappa shape index (κ1) is 20.4. The smallest absolute Gasteiger partial charge is 0.316 e. The number of nitro groups is 1. The zero-order valence-corrected chi connectivity index (χ0v) is 15.7. The highest BCUT2D eigenvalue weighted by atomic mass is 35.5. The molecule has 0 radical (unpaired) electrons. The summed E-state index contributed by atoms with van der Waals surface area (Å²) in [4.78, 5) is 10.2. The van der Waals surface area contributed by atoms with Gasteiger partial charge in [0, 0.05) is 23.0 Å². The summed E-state index contributed by atoms with van der Waals surface area (Å²) in [5.41, 5.74) is 2.78. The van der Waals surface area contributed by atoms with Gasteiger partial charge in [0.25, 0.3) is 5.69 Å². The Morgan fingerprint density at radius 1 is 1.21 bits per heavy atom. The highest BCUT2D eigenvalue weighted by Gasteiger charge is 2.33. The van der Waals surface area contributed by atoms with Crippen LogP contribution in [0.15, 0.2) is 59.8 Å². The van der Waals surface area contributed by atoms with Crippen LogP contribution in [0, 0.1) is 17.0 Å². The minimum Gasteiger partial charge on any atom is -0.316 e. The van der Waals surface area contributed by atoms with Crippen molar-refractivity contribution in [1.29, 1.82) is 0 Å². The van der Waals surface area contributed by atoms with Crippen LogP contribution in [-0.4, -0.2) is 15.7 Å². The lowest BCUT2D eigenvalue weighted by Crippen LogP contribution is -2.07. The zero-order valence-electron chi connectivity index (χ0n) is 14.9. The minimum absolute atomic E-state index is 0.157. The molecule has 10 heteroatoms. The predicted octanol–water partition coefficient (Wildman–Crippen LogP) is 5.81. The first-order valence-corrected chi connectivity index (χ1v) is 8.63.